The van der Waals surface area contributed by atoms with E-state index in [0.29, 0.717) is 0 Å². The Bertz CT molecular complexity index is 117. The first-order valence-electron chi connectivity index (χ1n) is 5.70. The van der Waals surface area contributed by atoms with E-state index in [9.17, 15) is 0 Å². The van der Waals surface area contributed by atoms with Gasteiger partial charge in [0.05, 0.1) is 24.6 Å². The topological polar surface area (TPSA) is 0 Å². The van der Waals surface area contributed by atoms with Gasteiger partial charge in [0, 0.05) is 7.26 Å². The van der Waals surface area contributed by atoms with Crippen LogP contribution >= 0.6 is 7.26 Å². The molecule has 0 aromatic rings. The Morgan fingerprint density at radius 3 is 1.50 bits per heavy atom. The first kappa shape index (κ1) is 16.9. The van der Waals surface area contributed by atoms with Gasteiger partial charge < -0.3 is 12.4 Å². The molecular weight excluding hydrogens is 211 g/mol. The summed E-state index contributed by atoms with van der Waals surface area (Å²) in [4.78, 5) is 0. The zero-order chi connectivity index (χ0) is 10.2. The molecular formula is C12H26ClP. The second-order valence-corrected chi connectivity index (χ2v) is 8.37. The van der Waals surface area contributed by atoms with Crippen molar-refractivity contribution < 1.29 is 12.4 Å². The number of halogens is 1. The monoisotopic (exact) mass is 236 g/mol. The lowest BCUT2D eigenvalue weighted by atomic mass is 10.6. The first-order chi connectivity index (χ1) is 6.24. The number of allylic oxidation sites excluding steroid dienone is 1. The van der Waals surface area contributed by atoms with E-state index in [-0.39, 0.29) is 12.4 Å². The second kappa shape index (κ2) is 9.99. The molecule has 14 heavy (non-hydrogen) atoms. The summed E-state index contributed by atoms with van der Waals surface area (Å²) in [5.41, 5.74) is 0. The van der Waals surface area contributed by atoms with Crippen LogP contribution in [0, 0.1) is 0 Å². The molecule has 0 aromatic heterocycles. The molecule has 0 radical (unpaired) electrons. The molecule has 86 valence electrons. The van der Waals surface area contributed by atoms with E-state index in [1.165, 1.54) is 43.9 Å². The number of rotatable bonds is 8. The van der Waals surface area contributed by atoms with E-state index >= 15 is 0 Å². The van der Waals surface area contributed by atoms with Gasteiger partial charge in [0.2, 0.25) is 0 Å². The van der Waals surface area contributed by atoms with Gasteiger partial charge in [-0.1, -0.05) is 33.4 Å². The third kappa shape index (κ3) is 6.04. The van der Waals surface area contributed by atoms with Gasteiger partial charge in [0.15, 0.2) is 0 Å². The molecule has 0 N–H and O–H groups in total. The summed E-state index contributed by atoms with van der Waals surface area (Å²) in [7, 11) is -0.614. The SMILES string of the molecule is C=CC[P+](CCC)(CCC)CCC.[Cl-]. The van der Waals surface area contributed by atoms with Crippen molar-refractivity contribution >= 4 is 7.26 Å². The van der Waals surface area contributed by atoms with Gasteiger partial charge in [0.25, 0.3) is 0 Å². The maximum Gasteiger partial charge on any atom is 0.0771 e. The minimum atomic E-state index is -0.614. The van der Waals surface area contributed by atoms with Gasteiger partial charge >= 0.3 is 0 Å². The summed E-state index contributed by atoms with van der Waals surface area (Å²) in [5, 5.41) is 0. The molecule has 2 heteroatoms. The molecule has 0 atom stereocenters. The Kier molecular flexibility index (Phi) is 12.0. The predicted molar refractivity (Wildman–Crippen MR) is 67.5 cm³/mol. The van der Waals surface area contributed by atoms with Crippen LogP contribution in [-0.4, -0.2) is 24.6 Å². The Morgan fingerprint density at radius 2 is 1.29 bits per heavy atom. The highest BCUT2D eigenvalue weighted by atomic mass is 35.5. The molecule has 0 aliphatic heterocycles. The van der Waals surface area contributed by atoms with Crippen LogP contribution < -0.4 is 12.4 Å². The smallest absolute Gasteiger partial charge is 0.0771 e. The molecule has 0 bridgehead atoms. The summed E-state index contributed by atoms with van der Waals surface area (Å²) in [6.07, 6.45) is 12.0. The lowest BCUT2D eigenvalue weighted by molar-refractivity contribution is -0.00000310. The third-order valence-electron chi connectivity index (χ3n) is 2.61. The van der Waals surface area contributed by atoms with Crippen molar-refractivity contribution in [2.75, 3.05) is 24.6 Å². The van der Waals surface area contributed by atoms with Crippen LogP contribution in [-0.2, 0) is 0 Å². The fourth-order valence-electron chi connectivity index (χ4n) is 2.31. The van der Waals surface area contributed by atoms with E-state index < -0.39 is 7.26 Å². The summed E-state index contributed by atoms with van der Waals surface area (Å²) >= 11 is 0. The van der Waals surface area contributed by atoms with Crippen LogP contribution in [0.25, 0.3) is 0 Å². The number of hydrogen-bond acceptors (Lipinski definition) is 0. The molecule has 0 nitrogen and oxygen atoms in total. The molecule has 0 aliphatic rings. The molecule has 0 amide bonds. The first-order valence-corrected chi connectivity index (χ1v) is 8.23. The van der Waals surface area contributed by atoms with Crippen molar-refractivity contribution in [2.45, 2.75) is 40.0 Å². The van der Waals surface area contributed by atoms with Crippen LogP contribution in [0.1, 0.15) is 40.0 Å². The zero-order valence-electron chi connectivity index (χ0n) is 10.1. The van der Waals surface area contributed by atoms with Gasteiger partial charge in [-0.3, -0.25) is 0 Å². The molecule has 0 aliphatic carbocycles. The van der Waals surface area contributed by atoms with Crippen molar-refractivity contribution in [1.29, 1.82) is 0 Å². The minimum Gasteiger partial charge on any atom is -1.00 e. The maximum absolute atomic E-state index is 3.92. The fourth-order valence-corrected chi connectivity index (χ4v) is 6.92. The third-order valence-corrected chi connectivity index (χ3v) is 7.83. The summed E-state index contributed by atoms with van der Waals surface area (Å²) in [5.74, 6) is 0. The van der Waals surface area contributed by atoms with Crippen LogP contribution in [0.5, 0.6) is 0 Å². The molecule has 0 saturated carbocycles. The van der Waals surface area contributed by atoms with Gasteiger partial charge in [-0.15, -0.1) is 0 Å². The van der Waals surface area contributed by atoms with Crippen molar-refractivity contribution in [3.8, 4) is 0 Å². The van der Waals surface area contributed by atoms with Crippen molar-refractivity contribution in [3.05, 3.63) is 12.7 Å². The van der Waals surface area contributed by atoms with E-state index in [2.05, 4.69) is 33.4 Å². The fraction of sp³-hybridized carbons (Fsp3) is 0.833. The molecule has 0 fully saturated rings. The average Bonchev–Trinajstić information content (AvgIpc) is 2.06. The van der Waals surface area contributed by atoms with Crippen molar-refractivity contribution in [2.24, 2.45) is 0 Å². The van der Waals surface area contributed by atoms with Crippen molar-refractivity contribution in [3.63, 3.8) is 0 Å². The van der Waals surface area contributed by atoms with Crippen molar-refractivity contribution in [1.82, 2.24) is 0 Å². The lowest BCUT2D eigenvalue weighted by Gasteiger charge is -2.25. The predicted octanol–water partition coefficient (Wildman–Crippen LogP) is 1.42. The highest BCUT2D eigenvalue weighted by Crippen LogP contribution is 2.59. The Hall–Kier alpha value is 0.460. The second-order valence-electron chi connectivity index (χ2n) is 3.98. The molecule has 0 aromatic carbocycles. The van der Waals surface area contributed by atoms with Gasteiger partial charge in [-0.25, -0.2) is 0 Å². The highest BCUT2D eigenvalue weighted by molar-refractivity contribution is 7.76. The Labute approximate surface area is 97.3 Å². The largest absolute Gasteiger partial charge is 1.00 e. The normalized spacial score (nSPS) is 10.8. The number of hydrogen-bond donors (Lipinski definition) is 0. The molecule has 0 spiro atoms. The quantitative estimate of drug-likeness (QED) is 0.442. The van der Waals surface area contributed by atoms with Crippen LogP contribution in [0.4, 0.5) is 0 Å². The van der Waals surface area contributed by atoms with Crippen LogP contribution in [0.15, 0.2) is 12.7 Å². The average molecular weight is 237 g/mol. The molecule has 0 saturated heterocycles. The van der Waals surface area contributed by atoms with Gasteiger partial charge in [0.1, 0.15) is 0 Å². The molecule has 0 rings (SSSR count). The van der Waals surface area contributed by atoms with Crippen LogP contribution in [0.2, 0.25) is 0 Å². The maximum atomic E-state index is 3.92. The zero-order valence-corrected chi connectivity index (χ0v) is 11.7. The minimum absolute atomic E-state index is 0. The molecule has 0 unspecified atom stereocenters. The summed E-state index contributed by atoms with van der Waals surface area (Å²) < 4.78 is 0. The summed E-state index contributed by atoms with van der Waals surface area (Å²) in [6.45, 7) is 10.9. The van der Waals surface area contributed by atoms with Crippen LogP contribution in [0.3, 0.4) is 0 Å². The van der Waals surface area contributed by atoms with E-state index in [1.54, 1.807) is 0 Å². The van der Waals surface area contributed by atoms with Gasteiger partial charge in [-0.2, -0.15) is 0 Å². The summed E-state index contributed by atoms with van der Waals surface area (Å²) in [6, 6.07) is 0. The van der Waals surface area contributed by atoms with Gasteiger partial charge in [-0.05, 0) is 19.3 Å². The standard InChI is InChI=1S/C12H26P.ClH/c1-5-9-13(10-6-2,11-7-3)12-8-4;/h5H,1,6-12H2,2-4H3;1H/q+1;/p-1. The lowest BCUT2D eigenvalue weighted by Crippen LogP contribution is -3.00. The van der Waals surface area contributed by atoms with E-state index in [0.717, 1.165) is 0 Å². The van der Waals surface area contributed by atoms with E-state index in [1.807, 2.05) is 0 Å². The molecule has 0 heterocycles. The Balaban J connectivity index is 0. The highest BCUT2D eigenvalue weighted by Gasteiger charge is 2.32. The Morgan fingerprint density at radius 1 is 0.929 bits per heavy atom. The van der Waals surface area contributed by atoms with E-state index in [4.69, 9.17) is 0 Å².